The van der Waals surface area contributed by atoms with E-state index >= 15 is 0 Å². The van der Waals surface area contributed by atoms with E-state index in [1.54, 1.807) is 18.9 Å². The molecule has 0 amide bonds. The molecular weight excluding hydrogens is 208 g/mol. The maximum Gasteiger partial charge on any atom is 0.0990 e. The summed E-state index contributed by atoms with van der Waals surface area (Å²) in [6.45, 7) is 3.74. The zero-order chi connectivity index (χ0) is 11.1. The number of hydrogen-bond donors (Lipinski definition) is 1. The number of hydrogen-bond acceptors (Lipinski definition) is 4. The van der Waals surface area contributed by atoms with Crippen molar-refractivity contribution in [3.05, 3.63) is 23.4 Å². The van der Waals surface area contributed by atoms with E-state index < -0.39 is 0 Å². The van der Waals surface area contributed by atoms with Crippen LogP contribution in [0.15, 0.2) is 17.3 Å². The van der Waals surface area contributed by atoms with Gasteiger partial charge in [-0.25, -0.2) is 4.98 Å². The summed E-state index contributed by atoms with van der Waals surface area (Å²) in [4.78, 5) is 4.44. The molecule has 0 unspecified atom stereocenters. The largest absolute Gasteiger partial charge is 0.384 e. The SMILES string of the molecule is CNCc1cnc(SCCOC)c(C)c1. The van der Waals surface area contributed by atoms with Crippen molar-refractivity contribution in [2.75, 3.05) is 26.5 Å². The Morgan fingerprint density at radius 3 is 2.93 bits per heavy atom. The van der Waals surface area contributed by atoms with Gasteiger partial charge in [0, 0.05) is 25.6 Å². The van der Waals surface area contributed by atoms with Crippen LogP contribution in [0.4, 0.5) is 0 Å². The molecule has 0 radical (unpaired) electrons. The molecule has 0 atom stereocenters. The van der Waals surface area contributed by atoms with Crippen molar-refractivity contribution in [3.8, 4) is 0 Å². The van der Waals surface area contributed by atoms with E-state index in [1.807, 2.05) is 13.2 Å². The summed E-state index contributed by atoms with van der Waals surface area (Å²) >= 11 is 1.74. The van der Waals surface area contributed by atoms with Gasteiger partial charge in [0.25, 0.3) is 0 Å². The molecule has 0 bridgehead atoms. The lowest BCUT2D eigenvalue weighted by Gasteiger charge is -2.06. The first kappa shape index (κ1) is 12.5. The Hall–Kier alpha value is -0.580. The van der Waals surface area contributed by atoms with Crippen LogP contribution in [0, 0.1) is 6.92 Å². The summed E-state index contributed by atoms with van der Waals surface area (Å²) in [5.74, 6) is 0.954. The molecule has 1 rings (SSSR count). The van der Waals surface area contributed by atoms with E-state index in [-0.39, 0.29) is 0 Å². The maximum absolute atomic E-state index is 5.01. The van der Waals surface area contributed by atoms with Crippen LogP contribution < -0.4 is 5.32 Å². The normalized spacial score (nSPS) is 10.6. The lowest BCUT2D eigenvalue weighted by atomic mass is 10.2. The number of nitrogens with zero attached hydrogens (tertiary/aromatic N) is 1. The molecule has 1 aromatic rings. The van der Waals surface area contributed by atoms with Crippen LogP contribution >= 0.6 is 11.8 Å². The van der Waals surface area contributed by atoms with Crippen LogP contribution in [0.2, 0.25) is 0 Å². The molecule has 0 aliphatic carbocycles. The third kappa shape index (κ3) is 4.20. The van der Waals surface area contributed by atoms with Gasteiger partial charge in [-0.05, 0) is 25.1 Å². The van der Waals surface area contributed by atoms with E-state index in [0.29, 0.717) is 0 Å². The Balaban J connectivity index is 2.58. The first-order valence-electron chi connectivity index (χ1n) is 4.99. The molecule has 15 heavy (non-hydrogen) atoms. The highest BCUT2D eigenvalue weighted by molar-refractivity contribution is 7.99. The minimum Gasteiger partial charge on any atom is -0.384 e. The van der Waals surface area contributed by atoms with Crippen molar-refractivity contribution in [2.45, 2.75) is 18.5 Å². The first-order chi connectivity index (χ1) is 7.27. The summed E-state index contributed by atoms with van der Waals surface area (Å²) in [6.07, 6.45) is 1.93. The van der Waals surface area contributed by atoms with Gasteiger partial charge in [-0.3, -0.25) is 0 Å². The Kier molecular flexibility index (Phi) is 5.68. The molecule has 4 heteroatoms. The zero-order valence-electron chi connectivity index (χ0n) is 9.54. The predicted octanol–water partition coefficient (Wildman–Crippen LogP) is 1.85. The van der Waals surface area contributed by atoms with Crippen LogP contribution in [-0.2, 0) is 11.3 Å². The van der Waals surface area contributed by atoms with E-state index in [2.05, 4.69) is 23.3 Å². The molecule has 0 aliphatic rings. The van der Waals surface area contributed by atoms with Crippen molar-refractivity contribution in [1.82, 2.24) is 10.3 Å². The molecule has 0 saturated heterocycles. The monoisotopic (exact) mass is 226 g/mol. The number of thioether (sulfide) groups is 1. The fourth-order valence-electron chi connectivity index (χ4n) is 1.29. The number of nitrogens with one attached hydrogen (secondary N) is 1. The summed E-state index contributed by atoms with van der Waals surface area (Å²) in [5, 5.41) is 4.22. The first-order valence-corrected chi connectivity index (χ1v) is 5.98. The number of pyridine rings is 1. The van der Waals surface area contributed by atoms with Gasteiger partial charge < -0.3 is 10.1 Å². The second kappa shape index (κ2) is 6.82. The fourth-order valence-corrected chi connectivity index (χ4v) is 2.15. The molecule has 0 aromatic carbocycles. The van der Waals surface area contributed by atoms with Gasteiger partial charge in [-0.1, -0.05) is 6.07 Å². The van der Waals surface area contributed by atoms with Crippen molar-refractivity contribution in [2.24, 2.45) is 0 Å². The van der Waals surface area contributed by atoms with Crippen molar-refractivity contribution in [1.29, 1.82) is 0 Å². The molecule has 0 aliphatic heterocycles. The maximum atomic E-state index is 5.01. The van der Waals surface area contributed by atoms with Gasteiger partial charge in [-0.2, -0.15) is 0 Å². The van der Waals surface area contributed by atoms with Crippen molar-refractivity contribution < 1.29 is 4.74 Å². The van der Waals surface area contributed by atoms with Crippen molar-refractivity contribution in [3.63, 3.8) is 0 Å². The highest BCUT2D eigenvalue weighted by Crippen LogP contribution is 2.20. The quantitative estimate of drug-likeness (QED) is 0.593. The van der Waals surface area contributed by atoms with E-state index in [0.717, 1.165) is 23.9 Å². The molecule has 3 nitrogen and oxygen atoms in total. The summed E-state index contributed by atoms with van der Waals surface area (Å²) in [5.41, 5.74) is 2.47. The second-order valence-corrected chi connectivity index (χ2v) is 4.42. The molecular formula is C11H18N2OS. The van der Waals surface area contributed by atoms with Crippen LogP contribution in [0.5, 0.6) is 0 Å². The molecule has 1 N–H and O–H groups in total. The van der Waals surface area contributed by atoms with Gasteiger partial charge >= 0.3 is 0 Å². The summed E-state index contributed by atoms with van der Waals surface area (Å²) in [6, 6.07) is 2.18. The molecule has 0 saturated carbocycles. The summed E-state index contributed by atoms with van der Waals surface area (Å²) in [7, 11) is 3.66. The second-order valence-electron chi connectivity index (χ2n) is 3.34. The topological polar surface area (TPSA) is 34.2 Å². The molecule has 1 heterocycles. The minimum atomic E-state index is 0.768. The van der Waals surface area contributed by atoms with Crippen molar-refractivity contribution >= 4 is 11.8 Å². The van der Waals surface area contributed by atoms with Gasteiger partial charge in [-0.15, -0.1) is 11.8 Å². The molecule has 1 aromatic heterocycles. The average molecular weight is 226 g/mol. The fraction of sp³-hybridized carbons (Fsp3) is 0.545. The van der Waals surface area contributed by atoms with Crippen LogP contribution in [0.1, 0.15) is 11.1 Å². The molecule has 0 fully saturated rings. The predicted molar refractivity (Wildman–Crippen MR) is 64.3 cm³/mol. The van der Waals surface area contributed by atoms with E-state index in [4.69, 9.17) is 4.74 Å². The van der Waals surface area contributed by atoms with Gasteiger partial charge in [0.05, 0.1) is 11.6 Å². The Bertz CT molecular complexity index is 305. The number of aryl methyl sites for hydroxylation is 1. The van der Waals surface area contributed by atoms with Gasteiger partial charge in [0.1, 0.15) is 0 Å². The van der Waals surface area contributed by atoms with Crippen LogP contribution in [-0.4, -0.2) is 31.5 Å². The Morgan fingerprint density at radius 2 is 2.33 bits per heavy atom. The third-order valence-corrected chi connectivity index (χ3v) is 3.07. The smallest absolute Gasteiger partial charge is 0.0990 e. The lowest BCUT2D eigenvalue weighted by Crippen LogP contribution is -2.06. The Morgan fingerprint density at radius 1 is 1.53 bits per heavy atom. The van der Waals surface area contributed by atoms with E-state index in [9.17, 15) is 0 Å². The highest BCUT2D eigenvalue weighted by Gasteiger charge is 2.01. The van der Waals surface area contributed by atoms with Gasteiger partial charge in [0.2, 0.25) is 0 Å². The number of aromatic nitrogens is 1. The standard InChI is InChI=1S/C11H18N2OS/c1-9-6-10(7-12-2)8-13-11(9)15-5-4-14-3/h6,8,12H,4-5,7H2,1-3H3. The van der Waals surface area contributed by atoms with Crippen LogP contribution in [0.3, 0.4) is 0 Å². The summed E-state index contributed by atoms with van der Waals surface area (Å²) < 4.78 is 5.01. The van der Waals surface area contributed by atoms with E-state index in [1.165, 1.54) is 11.1 Å². The number of ether oxygens (including phenoxy) is 1. The Labute approximate surface area is 95.6 Å². The highest BCUT2D eigenvalue weighted by atomic mass is 32.2. The van der Waals surface area contributed by atoms with Gasteiger partial charge in [0.15, 0.2) is 0 Å². The number of methoxy groups -OCH3 is 1. The van der Waals surface area contributed by atoms with Crippen LogP contribution in [0.25, 0.3) is 0 Å². The lowest BCUT2D eigenvalue weighted by molar-refractivity contribution is 0.218. The third-order valence-electron chi connectivity index (χ3n) is 1.99. The number of rotatable bonds is 6. The zero-order valence-corrected chi connectivity index (χ0v) is 10.4. The molecule has 0 spiro atoms. The minimum absolute atomic E-state index is 0.768. The average Bonchev–Trinajstić information content (AvgIpc) is 2.22. The molecule has 84 valence electrons.